The minimum atomic E-state index is -0.191. The van der Waals surface area contributed by atoms with E-state index in [1.165, 1.54) is 44.9 Å². The second kappa shape index (κ2) is 6.50. The predicted octanol–water partition coefficient (Wildman–Crippen LogP) is 4.52. The fourth-order valence-electron chi connectivity index (χ4n) is 3.52. The second-order valence-electron chi connectivity index (χ2n) is 6.57. The summed E-state index contributed by atoms with van der Waals surface area (Å²) < 4.78 is 5.04. The molecule has 1 heterocycles. The fraction of sp³-hybridized carbons (Fsp3) is 0.611. The third kappa shape index (κ3) is 3.58. The van der Waals surface area contributed by atoms with Crippen LogP contribution in [0.25, 0.3) is 0 Å². The molecule has 1 aliphatic carbocycles. The van der Waals surface area contributed by atoms with Gasteiger partial charge in [0.2, 0.25) is 0 Å². The highest BCUT2D eigenvalue weighted by atomic mass is 16.5. The molecule has 1 fully saturated rings. The first-order chi connectivity index (χ1) is 10.2. The number of fused-ring (bicyclic) bond motifs is 1. The lowest BCUT2D eigenvalue weighted by Gasteiger charge is -2.23. The number of nitrogens with one attached hydrogen (secondary N) is 1. The molecule has 114 valence electrons. The highest BCUT2D eigenvalue weighted by Gasteiger charge is 2.21. The number of hydrogen-bond acceptors (Lipinski definition) is 3. The van der Waals surface area contributed by atoms with Gasteiger partial charge in [0.25, 0.3) is 0 Å². The molecule has 21 heavy (non-hydrogen) atoms. The Balaban J connectivity index is 1.51. The maximum absolute atomic E-state index is 11.6. The zero-order valence-corrected chi connectivity index (χ0v) is 12.9. The SMILES string of the molecule is CC(CCC1CCCCC1)Nc1ccc2c(c1)C(=O)OC2. The van der Waals surface area contributed by atoms with E-state index in [4.69, 9.17) is 4.74 Å². The molecule has 3 rings (SSSR count). The van der Waals surface area contributed by atoms with Crippen molar-refractivity contribution in [3.63, 3.8) is 0 Å². The first-order valence-corrected chi connectivity index (χ1v) is 8.29. The average molecular weight is 287 g/mol. The van der Waals surface area contributed by atoms with Crippen LogP contribution in [0.2, 0.25) is 0 Å². The summed E-state index contributed by atoms with van der Waals surface area (Å²) in [6, 6.07) is 6.43. The molecule has 1 aromatic rings. The molecule has 1 aliphatic heterocycles. The molecule has 2 aliphatic rings. The summed E-state index contributed by atoms with van der Waals surface area (Å²) in [4.78, 5) is 11.6. The van der Waals surface area contributed by atoms with Gasteiger partial charge in [0, 0.05) is 17.3 Å². The number of benzene rings is 1. The molecular weight excluding hydrogens is 262 g/mol. The molecule has 0 saturated heterocycles. The molecule has 3 heteroatoms. The maximum atomic E-state index is 11.6. The van der Waals surface area contributed by atoms with Crippen LogP contribution in [0, 0.1) is 5.92 Å². The van der Waals surface area contributed by atoms with E-state index in [2.05, 4.69) is 18.3 Å². The molecule has 1 N–H and O–H groups in total. The minimum Gasteiger partial charge on any atom is -0.457 e. The predicted molar refractivity (Wildman–Crippen MR) is 84.5 cm³/mol. The van der Waals surface area contributed by atoms with Crippen LogP contribution in [0.1, 0.15) is 67.8 Å². The number of esters is 1. The van der Waals surface area contributed by atoms with Gasteiger partial charge in [-0.1, -0.05) is 38.2 Å². The van der Waals surface area contributed by atoms with Gasteiger partial charge in [0.1, 0.15) is 6.61 Å². The van der Waals surface area contributed by atoms with Crippen molar-refractivity contribution in [2.24, 2.45) is 5.92 Å². The van der Waals surface area contributed by atoms with Gasteiger partial charge in [-0.3, -0.25) is 0 Å². The van der Waals surface area contributed by atoms with Crippen LogP contribution in [-0.4, -0.2) is 12.0 Å². The minimum absolute atomic E-state index is 0.191. The highest BCUT2D eigenvalue weighted by Crippen LogP contribution is 2.28. The quantitative estimate of drug-likeness (QED) is 0.809. The molecule has 3 nitrogen and oxygen atoms in total. The van der Waals surface area contributed by atoms with Crippen LogP contribution in [0.3, 0.4) is 0 Å². The van der Waals surface area contributed by atoms with Gasteiger partial charge in [-0.05, 0) is 37.8 Å². The van der Waals surface area contributed by atoms with Crippen LogP contribution >= 0.6 is 0 Å². The van der Waals surface area contributed by atoms with Crippen LogP contribution in [0.15, 0.2) is 18.2 Å². The van der Waals surface area contributed by atoms with Gasteiger partial charge >= 0.3 is 5.97 Å². The first-order valence-electron chi connectivity index (χ1n) is 8.29. The van der Waals surface area contributed by atoms with Crippen molar-refractivity contribution >= 4 is 11.7 Å². The van der Waals surface area contributed by atoms with E-state index in [0.29, 0.717) is 12.6 Å². The molecule has 0 bridgehead atoms. The Morgan fingerprint density at radius 3 is 2.90 bits per heavy atom. The van der Waals surface area contributed by atoms with Gasteiger partial charge in [-0.2, -0.15) is 0 Å². The third-order valence-electron chi connectivity index (χ3n) is 4.83. The topological polar surface area (TPSA) is 38.3 Å². The molecule has 1 saturated carbocycles. The molecule has 0 aromatic heterocycles. The number of carbonyl (C=O) groups excluding carboxylic acids is 1. The van der Waals surface area contributed by atoms with Gasteiger partial charge in [-0.15, -0.1) is 0 Å². The lowest BCUT2D eigenvalue weighted by atomic mass is 9.85. The standard InChI is InChI=1S/C18H25NO2/c1-13(7-8-14-5-3-2-4-6-14)19-16-10-9-15-12-21-18(20)17(15)11-16/h9-11,13-14,19H,2-8,12H2,1H3. The lowest BCUT2D eigenvalue weighted by molar-refractivity contribution is 0.0535. The van der Waals surface area contributed by atoms with E-state index in [0.717, 1.165) is 22.7 Å². The second-order valence-corrected chi connectivity index (χ2v) is 6.57. The summed E-state index contributed by atoms with van der Waals surface area (Å²) in [5, 5.41) is 3.52. The van der Waals surface area contributed by atoms with E-state index in [1.54, 1.807) is 0 Å². The van der Waals surface area contributed by atoms with Crippen LogP contribution in [0.4, 0.5) is 5.69 Å². The van der Waals surface area contributed by atoms with Crippen molar-refractivity contribution in [2.75, 3.05) is 5.32 Å². The Hall–Kier alpha value is -1.51. The van der Waals surface area contributed by atoms with E-state index in [-0.39, 0.29) is 5.97 Å². The zero-order chi connectivity index (χ0) is 14.7. The highest BCUT2D eigenvalue weighted by molar-refractivity contribution is 5.94. The summed E-state index contributed by atoms with van der Waals surface area (Å²) in [6.07, 6.45) is 9.61. The summed E-state index contributed by atoms with van der Waals surface area (Å²) in [7, 11) is 0. The normalized spacial score (nSPS) is 20.0. The Morgan fingerprint density at radius 1 is 1.29 bits per heavy atom. The van der Waals surface area contributed by atoms with E-state index < -0.39 is 0 Å². The van der Waals surface area contributed by atoms with E-state index >= 15 is 0 Å². The number of carbonyl (C=O) groups is 1. The van der Waals surface area contributed by atoms with Gasteiger partial charge in [0.15, 0.2) is 0 Å². The zero-order valence-electron chi connectivity index (χ0n) is 12.9. The number of cyclic esters (lactones) is 1. The van der Waals surface area contributed by atoms with Gasteiger partial charge in [-0.25, -0.2) is 4.79 Å². The lowest BCUT2D eigenvalue weighted by Crippen LogP contribution is -2.17. The Labute approximate surface area is 127 Å². The van der Waals surface area contributed by atoms with Crippen molar-refractivity contribution in [2.45, 2.75) is 64.5 Å². The van der Waals surface area contributed by atoms with Crippen LogP contribution in [0.5, 0.6) is 0 Å². The molecule has 1 unspecified atom stereocenters. The van der Waals surface area contributed by atoms with Crippen molar-refractivity contribution in [3.8, 4) is 0 Å². The molecule has 0 radical (unpaired) electrons. The number of anilines is 1. The van der Waals surface area contributed by atoms with Crippen molar-refractivity contribution < 1.29 is 9.53 Å². The van der Waals surface area contributed by atoms with E-state index in [1.807, 2.05) is 12.1 Å². The van der Waals surface area contributed by atoms with Gasteiger partial charge < -0.3 is 10.1 Å². The van der Waals surface area contributed by atoms with Crippen molar-refractivity contribution in [3.05, 3.63) is 29.3 Å². The molecule has 1 atom stereocenters. The summed E-state index contributed by atoms with van der Waals surface area (Å²) in [5.41, 5.74) is 2.75. The summed E-state index contributed by atoms with van der Waals surface area (Å²) in [5.74, 6) is 0.738. The largest absolute Gasteiger partial charge is 0.457 e. The Kier molecular flexibility index (Phi) is 4.47. The third-order valence-corrected chi connectivity index (χ3v) is 4.83. The number of ether oxygens (including phenoxy) is 1. The fourth-order valence-corrected chi connectivity index (χ4v) is 3.52. The summed E-state index contributed by atoms with van der Waals surface area (Å²) >= 11 is 0. The first kappa shape index (κ1) is 14.4. The van der Waals surface area contributed by atoms with Crippen molar-refractivity contribution in [1.82, 2.24) is 0 Å². The summed E-state index contributed by atoms with van der Waals surface area (Å²) in [6.45, 7) is 2.65. The Bertz CT molecular complexity index is 506. The monoisotopic (exact) mass is 287 g/mol. The maximum Gasteiger partial charge on any atom is 0.338 e. The smallest absolute Gasteiger partial charge is 0.338 e. The Morgan fingerprint density at radius 2 is 2.10 bits per heavy atom. The molecular formula is C18H25NO2. The van der Waals surface area contributed by atoms with Gasteiger partial charge in [0.05, 0.1) is 5.56 Å². The number of rotatable bonds is 5. The van der Waals surface area contributed by atoms with E-state index in [9.17, 15) is 4.79 Å². The van der Waals surface area contributed by atoms with Crippen LogP contribution < -0.4 is 5.32 Å². The van der Waals surface area contributed by atoms with Crippen molar-refractivity contribution in [1.29, 1.82) is 0 Å². The average Bonchev–Trinajstić information content (AvgIpc) is 2.87. The van der Waals surface area contributed by atoms with Crippen LogP contribution in [-0.2, 0) is 11.3 Å². The molecule has 0 amide bonds. The number of hydrogen-bond donors (Lipinski definition) is 1. The molecule has 1 aromatic carbocycles. The molecule has 0 spiro atoms.